The van der Waals surface area contributed by atoms with Crippen LogP contribution in [0.4, 0.5) is 5.69 Å². The molecule has 1 saturated carbocycles. The van der Waals surface area contributed by atoms with Crippen LogP contribution in [0.3, 0.4) is 0 Å². The predicted octanol–water partition coefficient (Wildman–Crippen LogP) is 4.59. The van der Waals surface area contributed by atoms with E-state index in [9.17, 15) is 4.79 Å². The molecule has 1 heterocycles. The molecular formula is C27H37NO6. The van der Waals surface area contributed by atoms with Gasteiger partial charge in [0.2, 0.25) is 5.91 Å². The summed E-state index contributed by atoms with van der Waals surface area (Å²) in [6.07, 6.45) is 4.27. The first-order chi connectivity index (χ1) is 16.6. The van der Waals surface area contributed by atoms with Crippen LogP contribution in [-0.4, -0.2) is 53.7 Å². The number of methoxy groups -OCH3 is 3. The molecule has 0 atom stereocenters. The van der Waals surface area contributed by atoms with Gasteiger partial charge in [0.15, 0.2) is 0 Å². The van der Waals surface area contributed by atoms with Crippen LogP contribution in [0.25, 0.3) is 0 Å². The van der Waals surface area contributed by atoms with Gasteiger partial charge >= 0.3 is 0 Å². The Morgan fingerprint density at radius 3 is 2.03 bits per heavy atom. The number of fused-ring (bicyclic) bond motifs is 2. The van der Waals surface area contributed by atoms with Crippen molar-refractivity contribution in [2.75, 3.05) is 52.7 Å². The number of aryl methyl sites for hydroxylation is 1. The van der Waals surface area contributed by atoms with E-state index in [1.54, 1.807) is 21.3 Å². The van der Waals surface area contributed by atoms with Gasteiger partial charge in [0.1, 0.15) is 19.0 Å². The monoisotopic (exact) mass is 471 g/mol. The van der Waals surface area contributed by atoms with Crippen molar-refractivity contribution in [3.8, 4) is 5.75 Å². The Labute approximate surface area is 202 Å². The van der Waals surface area contributed by atoms with Crippen molar-refractivity contribution >= 4 is 11.6 Å². The standard InChI is InChI=1S/C21H23NO2.C6H14O4/c1-15-5-10-18-19(13-15)22(20(23)21(18)11-3-4-12-21)14-16-6-8-17(24-2)9-7-16;1-7-3-5-9-10-6-4-8-2/h5-10,13H,3-4,11-12,14H2,1-2H3;3-6H2,1-2H3. The Bertz CT molecular complexity index is 900. The molecule has 1 fully saturated rings. The van der Waals surface area contributed by atoms with E-state index in [1.807, 2.05) is 29.2 Å². The molecule has 2 aromatic carbocycles. The predicted molar refractivity (Wildman–Crippen MR) is 131 cm³/mol. The molecule has 0 aromatic heterocycles. The fraction of sp³-hybridized carbons (Fsp3) is 0.519. The number of benzene rings is 2. The third kappa shape index (κ3) is 6.16. The number of carbonyl (C=O) groups is 1. The van der Waals surface area contributed by atoms with Gasteiger partial charge in [-0.2, -0.15) is 0 Å². The molecule has 34 heavy (non-hydrogen) atoms. The summed E-state index contributed by atoms with van der Waals surface area (Å²) in [7, 11) is 4.89. The minimum absolute atomic E-state index is 0.268. The van der Waals surface area contributed by atoms with E-state index in [-0.39, 0.29) is 11.3 Å². The summed E-state index contributed by atoms with van der Waals surface area (Å²) in [4.78, 5) is 24.7. The van der Waals surface area contributed by atoms with Gasteiger partial charge in [-0.15, -0.1) is 0 Å². The van der Waals surface area contributed by atoms with Crippen LogP contribution in [0.1, 0.15) is 42.4 Å². The van der Waals surface area contributed by atoms with E-state index in [4.69, 9.17) is 14.2 Å². The van der Waals surface area contributed by atoms with Crippen molar-refractivity contribution in [1.29, 1.82) is 0 Å². The fourth-order valence-corrected chi connectivity index (χ4v) is 4.64. The molecule has 0 radical (unpaired) electrons. The lowest BCUT2D eigenvalue weighted by Crippen LogP contribution is -2.38. The second-order valence-electron chi connectivity index (χ2n) is 8.68. The number of ether oxygens (including phenoxy) is 3. The number of amides is 1. The molecule has 0 N–H and O–H groups in total. The SMILES string of the molecule is COCCOOCCOC.COc1ccc(CN2C(=O)C3(CCCC3)c3ccc(C)cc32)cc1. The van der Waals surface area contributed by atoms with Gasteiger partial charge in [-0.05, 0) is 54.7 Å². The summed E-state index contributed by atoms with van der Waals surface area (Å²) in [5, 5.41) is 0. The van der Waals surface area contributed by atoms with E-state index in [2.05, 4.69) is 34.9 Å². The Morgan fingerprint density at radius 1 is 0.853 bits per heavy atom. The van der Waals surface area contributed by atoms with Gasteiger partial charge in [-0.25, -0.2) is 9.78 Å². The Balaban J connectivity index is 0.000000277. The average molecular weight is 472 g/mol. The first kappa shape index (κ1) is 26.2. The third-order valence-corrected chi connectivity index (χ3v) is 6.40. The molecule has 1 amide bonds. The maximum absolute atomic E-state index is 13.3. The van der Waals surface area contributed by atoms with Crippen molar-refractivity contribution in [3.05, 3.63) is 59.2 Å². The van der Waals surface area contributed by atoms with Crippen LogP contribution in [0.15, 0.2) is 42.5 Å². The highest BCUT2D eigenvalue weighted by molar-refractivity contribution is 6.08. The highest BCUT2D eigenvalue weighted by atomic mass is 17.2. The highest BCUT2D eigenvalue weighted by Crippen LogP contribution is 2.51. The maximum atomic E-state index is 13.3. The van der Waals surface area contributed by atoms with Gasteiger partial charge in [0, 0.05) is 19.9 Å². The minimum Gasteiger partial charge on any atom is -0.497 e. The van der Waals surface area contributed by atoms with Gasteiger partial charge in [0.05, 0.1) is 32.3 Å². The average Bonchev–Trinajstić information content (AvgIpc) is 3.43. The van der Waals surface area contributed by atoms with Crippen molar-refractivity contribution in [3.63, 3.8) is 0 Å². The van der Waals surface area contributed by atoms with E-state index < -0.39 is 0 Å². The van der Waals surface area contributed by atoms with E-state index >= 15 is 0 Å². The first-order valence-electron chi connectivity index (χ1n) is 11.8. The summed E-state index contributed by atoms with van der Waals surface area (Å²) in [6.45, 7) is 4.73. The molecule has 1 spiro atoms. The van der Waals surface area contributed by atoms with Crippen molar-refractivity contribution in [1.82, 2.24) is 0 Å². The summed E-state index contributed by atoms with van der Waals surface area (Å²) in [5.74, 6) is 1.13. The van der Waals surface area contributed by atoms with Crippen LogP contribution in [0, 0.1) is 6.92 Å². The molecule has 1 aliphatic heterocycles. The van der Waals surface area contributed by atoms with E-state index in [0.717, 1.165) is 42.7 Å². The number of carbonyl (C=O) groups excluding carboxylic acids is 1. The zero-order chi connectivity index (χ0) is 24.4. The molecule has 7 heteroatoms. The number of nitrogens with zero attached hydrogens (tertiary/aromatic N) is 1. The molecule has 2 aromatic rings. The van der Waals surface area contributed by atoms with Crippen LogP contribution < -0.4 is 9.64 Å². The van der Waals surface area contributed by atoms with E-state index in [0.29, 0.717) is 33.0 Å². The maximum Gasteiger partial charge on any atom is 0.238 e. The molecule has 2 aliphatic rings. The Kier molecular flexibility index (Phi) is 9.89. The smallest absolute Gasteiger partial charge is 0.238 e. The summed E-state index contributed by atoms with van der Waals surface area (Å²) < 4.78 is 14.7. The molecule has 1 aliphatic carbocycles. The van der Waals surface area contributed by atoms with Gasteiger partial charge < -0.3 is 19.1 Å². The summed E-state index contributed by atoms with van der Waals surface area (Å²) in [5.41, 5.74) is 4.42. The van der Waals surface area contributed by atoms with Crippen LogP contribution in [-0.2, 0) is 36.0 Å². The molecule has 7 nitrogen and oxygen atoms in total. The lowest BCUT2D eigenvalue weighted by atomic mass is 9.80. The van der Waals surface area contributed by atoms with Crippen LogP contribution in [0.2, 0.25) is 0 Å². The largest absolute Gasteiger partial charge is 0.497 e. The summed E-state index contributed by atoms with van der Waals surface area (Å²) in [6, 6.07) is 14.5. The number of hydrogen-bond donors (Lipinski definition) is 0. The summed E-state index contributed by atoms with van der Waals surface area (Å²) >= 11 is 0. The number of rotatable bonds is 10. The minimum atomic E-state index is -0.268. The molecule has 186 valence electrons. The molecule has 0 saturated heterocycles. The zero-order valence-corrected chi connectivity index (χ0v) is 20.8. The van der Waals surface area contributed by atoms with Crippen molar-refractivity contribution < 1.29 is 28.8 Å². The fourth-order valence-electron chi connectivity index (χ4n) is 4.64. The molecule has 4 rings (SSSR count). The highest BCUT2D eigenvalue weighted by Gasteiger charge is 2.51. The van der Waals surface area contributed by atoms with Gasteiger partial charge in [-0.3, -0.25) is 4.79 Å². The Morgan fingerprint density at radius 2 is 1.47 bits per heavy atom. The number of hydrogen-bond acceptors (Lipinski definition) is 6. The lowest BCUT2D eigenvalue weighted by molar-refractivity contribution is -0.302. The zero-order valence-electron chi connectivity index (χ0n) is 20.8. The van der Waals surface area contributed by atoms with Gasteiger partial charge in [-0.1, -0.05) is 37.1 Å². The second-order valence-corrected chi connectivity index (χ2v) is 8.68. The molecule has 0 unspecified atom stereocenters. The Hall–Kier alpha value is -2.45. The molecular weight excluding hydrogens is 434 g/mol. The van der Waals surface area contributed by atoms with Crippen molar-refractivity contribution in [2.24, 2.45) is 0 Å². The first-order valence-corrected chi connectivity index (χ1v) is 11.8. The third-order valence-electron chi connectivity index (χ3n) is 6.40. The van der Waals surface area contributed by atoms with Crippen LogP contribution >= 0.6 is 0 Å². The van der Waals surface area contributed by atoms with E-state index in [1.165, 1.54) is 11.1 Å². The number of anilines is 1. The molecule has 0 bridgehead atoms. The van der Waals surface area contributed by atoms with Crippen LogP contribution in [0.5, 0.6) is 5.75 Å². The normalized spacial score (nSPS) is 15.9. The van der Waals surface area contributed by atoms with Crippen molar-refractivity contribution in [2.45, 2.75) is 44.6 Å². The van der Waals surface area contributed by atoms with Gasteiger partial charge in [0.25, 0.3) is 0 Å². The quantitative estimate of drug-likeness (QED) is 0.287. The topological polar surface area (TPSA) is 66.5 Å². The second kappa shape index (κ2) is 12.9. The lowest BCUT2D eigenvalue weighted by Gasteiger charge is -2.23.